The number of aryl methyl sites for hydroxylation is 1. The number of rotatable bonds is 13. The molecule has 55 heavy (non-hydrogen) atoms. The van der Waals surface area contributed by atoms with Crippen LogP contribution in [0.1, 0.15) is 83.0 Å². The first-order chi connectivity index (χ1) is 25.9. The lowest BCUT2D eigenvalue weighted by Gasteiger charge is -2.35. The minimum absolute atomic E-state index is 0.00479. The first kappa shape index (κ1) is 38.3. The minimum Gasteiger partial charge on any atom is -0.454 e. The molecule has 17 heteroatoms. The molecule has 4 N–H and O–H groups in total. The number of fused-ring (bicyclic) bond motifs is 2. The summed E-state index contributed by atoms with van der Waals surface area (Å²) in [6.45, 7) is 11.3. The van der Waals surface area contributed by atoms with Crippen molar-refractivity contribution in [1.82, 2.24) is 30.1 Å². The molecule has 1 aromatic carbocycles. The Labute approximate surface area is 318 Å². The highest BCUT2D eigenvalue weighted by atomic mass is 32.2. The van der Waals surface area contributed by atoms with Gasteiger partial charge < -0.3 is 34.9 Å². The SMILES string of the molecule is C=CC1CC1(NC(=O)[C@@H]1C[C@@H](NC(=O)c2cn(CC)c3cc4c(cc3c2=O)OCO4)CN1C(=O)[C@@H](NC(=O)CC1CC1)C(C)(C)C)C(=O)NS(=O)(=O)C1CC1. The van der Waals surface area contributed by atoms with Crippen LogP contribution in [-0.2, 0) is 35.7 Å². The maximum atomic E-state index is 14.5. The standard InChI is InChI=1S/C38H48N6O10S/c1-6-21-16-38(21,36(50)42-55(51,52)23-10-11-23)41-34(48)27-13-22(17-44(27)35(49)32(37(3,4)5)40-30(45)12-20-8-9-20)39-33(47)25-18-43(7-2)26-15-29-28(53-19-54-29)14-24(26)31(25)46/h6,14-15,18,20-23,27,32H,1,7-13,16-17,19H2,2-5H3,(H,39,47)(H,40,45)(H,41,48)(H,42,50)/t21?,22-,27+,32-,38?/m1/s1. The number of ether oxygens (including phenoxy) is 2. The van der Waals surface area contributed by atoms with Gasteiger partial charge in [-0.2, -0.15) is 0 Å². The average Bonchev–Trinajstić information content (AvgIpc) is 4.07. The van der Waals surface area contributed by atoms with Crippen LogP contribution in [0.15, 0.2) is 35.8 Å². The second-order valence-corrected chi connectivity index (χ2v) is 18.5. The van der Waals surface area contributed by atoms with E-state index in [-0.39, 0.29) is 55.4 Å². The van der Waals surface area contributed by atoms with E-state index in [9.17, 15) is 37.2 Å². The fourth-order valence-corrected chi connectivity index (χ4v) is 8.90. The van der Waals surface area contributed by atoms with Crippen LogP contribution in [0, 0.1) is 17.3 Å². The van der Waals surface area contributed by atoms with Crippen LogP contribution in [0.5, 0.6) is 11.5 Å². The summed E-state index contributed by atoms with van der Waals surface area (Å²) in [6.07, 6.45) is 5.94. The number of amides is 5. The van der Waals surface area contributed by atoms with E-state index in [4.69, 9.17) is 9.47 Å². The maximum Gasteiger partial charge on any atom is 0.259 e. The minimum atomic E-state index is -3.94. The van der Waals surface area contributed by atoms with Crippen molar-refractivity contribution in [3.63, 3.8) is 0 Å². The Hall–Kier alpha value is -4.93. The lowest BCUT2D eigenvalue weighted by molar-refractivity contribution is -0.144. The number of aromatic nitrogens is 1. The van der Waals surface area contributed by atoms with Crippen LogP contribution in [0.2, 0.25) is 0 Å². The van der Waals surface area contributed by atoms with Gasteiger partial charge >= 0.3 is 0 Å². The van der Waals surface area contributed by atoms with E-state index in [0.717, 1.165) is 12.8 Å². The number of nitrogens with one attached hydrogen (secondary N) is 4. The maximum absolute atomic E-state index is 14.5. The number of hydrogen-bond acceptors (Lipinski definition) is 10. The Morgan fingerprint density at radius 2 is 1.76 bits per heavy atom. The lowest BCUT2D eigenvalue weighted by Crippen LogP contribution is -2.60. The first-order valence-electron chi connectivity index (χ1n) is 18.8. The van der Waals surface area contributed by atoms with Crippen LogP contribution in [0.4, 0.5) is 0 Å². The summed E-state index contributed by atoms with van der Waals surface area (Å²) in [5.74, 6) is -2.62. The van der Waals surface area contributed by atoms with Crippen molar-refractivity contribution in [2.75, 3.05) is 13.3 Å². The predicted molar refractivity (Wildman–Crippen MR) is 199 cm³/mol. The molecule has 3 heterocycles. The summed E-state index contributed by atoms with van der Waals surface area (Å²) in [6, 6.07) is 0.124. The van der Waals surface area contributed by atoms with Crippen LogP contribution >= 0.6 is 0 Å². The highest BCUT2D eigenvalue weighted by molar-refractivity contribution is 7.91. The van der Waals surface area contributed by atoms with Crippen LogP contribution in [0.25, 0.3) is 10.9 Å². The van der Waals surface area contributed by atoms with E-state index >= 15 is 0 Å². The normalized spacial score (nSPS) is 24.9. The quantitative estimate of drug-likeness (QED) is 0.215. The molecule has 0 radical (unpaired) electrons. The zero-order valence-electron chi connectivity index (χ0n) is 31.4. The van der Waals surface area contributed by atoms with Gasteiger partial charge in [0.05, 0.1) is 16.2 Å². The molecular formula is C38H48N6O10S. The van der Waals surface area contributed by atoms with E-state index in [1.807, 2.05) is 6.92 Å². The monoisotopic (exact) mass is 780 g/mol. The molecule has 1 saturated heterocycles. The number of nitrogens with zero attached hydrogens (tertiary/aromatic N) is 2. The van der Waals surface area contributed by atoms with Crippen molar-refractivity contribution >= 4 is 50.5 Å². The molecule has 4 fully saturated rings. The Kier molecular flexibility index (Phi) is 9.75. The fraction of sp³-hybridized carbons (Fsp3) is 0.579. The third-order valence-electron chi connectivity index (χ3n) is 11.2. The number of hydrogen-bond donors (Lipinski definition) is 4. The van der Waals surface area contributed by atoms with Gasteiger partial charge in [-0.15, -0.1) is 6.58 Å². The molecule has 1 aromatic heterocycles. The van der Waals surface area contributed by atoms with Crippen molar-refractivity contribution in [3.8, 4) is 11.5 Å². The van der Waals surface area contributed by atoms with Crippen molar-refractivity contribution in [2.45, 2.75) is 108 Å². The van der Waals surface area contributed by atoms with E-state index < -0.39 is 79.3 Å². The molecule has 2 unspecified atom stereocenters. The van der Waals surface area contributed by atoms with Crippen molar-refractivity contribution in [2.24, 2.45) is 17.3 Å². The topological polar surface area (TPSA) is 211 Å². The van der Waals surface area contributed by atoms with Gasteiger partial charge in [-0.3, -0.25) is 33.5 Å². The highest BCUT2D eigenvalue weighted by Crippen LogP contribution is 2.45. The molecular weight excluding hydrogens is 733 g/mol. The number of pyridine rings is 1. The van der Waals surface area contributed by atoms with Crippen LogP contribution in [-0.4, -0.2) is 89.7 Å². The molecule has 3 saturated carbocycles. The molecule has 5 amide bonds. The van der Waals surface area contributed by atoms with E-state index in [0.29, 0.717) is 36.4 Å². The van der Waals surface area contributed by atoms with E-state index in [2.05, 4.69) is 27.3 Å². The number of sulfonamides is 1. The van der Waals surface area contributed by atoms with Gasteiger partial charge in [0, 0.05) is 43.7 Å². The average molecular weight is 781 g/mol. The third kappa shape index (κ3) is 7.54. The summed E-state index contributed by atoms with van der Waals surface area (Å²) < 4.78 is 40.2. The fourth-order valence-electron chi connectivity index (χ4n) is 7.54. The number of carbonyl (C=O) groups excluding carboxylic acids is 5. The van der Waals surface area contributed by atoms with Crippen molar-refractivity contribution in [1.29, 1.82) is 0 Å². The molecule has 2 aliphatic heterocycles. The molecule has 5 aliphatic rings. The van der Waals surface area contributed by atoms with Gasteiger partial charge in [0.2, 0.25) is 40.0 Å². The molecule has 16 nitrogen and oxygen atoms in total. The zero-order chi connectivity index (χ0) is 39.6. The lowest BCUT2D eigenvalue weighted by atomic mass is 9.85. The van der Waals surface area contributed by atoms with Gasteiger partial charge in [-0.1, -0.05) is 26.8 Å². The van der Waals surface area contributed by atoms with Crippen molar-refractivity contribution < 1.29 is 41.9 Å². The Balaban J connectivity index is 1.17. The van der Waals surface area contributed by atoms with E-state index in [1.165, 1.54) is 17.2 Å². The molecule has 5 atom stereocenters. The third-order valence-corrected chi connectivity index (χ3v) is 13.0. The Morgan fingerprint density at radius 3 is 2.36 bits per heavy atom. The second kappa shape index (κ2) is 14.0. The van der Waals surface area contributed by atoms with Crippen LogP contribution in [0.3, 0.4) is 0 Å². The summed E-state index contributed by atoms with van der Waals surface area (Å²) in [5.41, 5.74) is -2.53. The molecule has 0 spiro atoms. The Morgan fingerprint density at radius 1 is 1.07 bits per heavy atom. The Bertz CT molecular complexity index is 2150. The highest BCUT2D eigenvalue weighted by Gasteiger charge is 2.62. The van der Waals surface area contributed by atoms with E-state index in [1.54, 1.807) is 37.5 Å². The second-order valence-electron chi connectivity index (χ2n) is 16.5. The smallest absolute Gasteiger partial charge is 0.259 e. The number of likely N-dealkylation sites (tertiary alicyclic amines) is 1. The molecule has 3 aliphatic carbocycles. The number of benzene rings is 1. The molecule has 2 aromatic rings. The van der Waals surface area contributed by atoms with Crippen LogP contribution < -0.4 is 35.6 Å². The van der Waals surface area contributed by atoms with Gasteiger partial charge in [0.1, 0.15) is 23.2 Å². The van der Waals surface area contributed by atoms with Crippen molar-refractivity contribution in [3.05, 3.63) is 46.8 Å². The molecule has 0 bridgehead atoms. The zero-order valence-corrected chi connectivity index (χ0v) is 32.3. The largest absolute Gasteiger partial charge is 0.454 e. The molecule has 7 rings (SSSR count). The van der Waals surface area contributed by atoms with Gasteiger partial charge in [0.25, 0.3) is 11.8 Å². The number of carbonyl (C=O) groups is 5. The first-order valence-corrected chi connectivity index (χ1v) is 20.4. The predicted octanol–water partition coefficient (Wildman–Crippen LogP) is 1.45. The summed E-state index contributed by atoms with van der Waals surface area (Å²) in [4.78, 5) is 84.2. The summed E-state index contributed by atoms with van der Waals surface area (Å²) >= 11 is 0. The van der Waals surface area contributed by atoms with Gasteiger partial charge in [0.15, 0.2) is 11.5 Å². The summed E-state index contributed by atoms with van der Waals surface area (Å²) in [7, 11) is -3.94. The molecule has 296 valence electrons. The summed E-state index contributed by atoms with van der Waals surface area (Å²) in [5, 5.41) is 8.06. The van der Waals surface area contributed by atoms with Gasteiger partial charge in [-0.05, 0) is 62.8 Å². The van der Waals surface area contributed by atoms with Gasteiger partial charge in [-0.25, -0.2) is 8.42 Å².